The fraction of sp³-hybridized carbons (Fsp3) is 0.444. The first kappa shape index (κ1) is 39.8. The Labute approximate surface area is 297 Å². The number of aromatic nitrogens is 4. The van der Waals surface area contributed by atoms with Gasteiger partial charge in [-0.05, 0) is 70.4 Å². The molecule has 0 aliphatic heterocycles. The molecule has 4 aromatic rings. The maximum atomic E-state index is 4.66. The van der Waals surface area contributed by atoms with Crippen LogP contribution in [0.4, 0.5) is 0 Å². The number of hydrogen-bond donors (Lipinski definition) is 0. The van der Waals surface area contributed by atoms with Gasteiger partial charge in [-0.15, -0.1) is 0 Å². The summed E-state index contributed by atoms with van der Waals surface area (Å²) in [5.41, 5.74) is 3.85. The van der Waals surface area contributed by atoms with Gasteiger partial charge in [-0.2, -0.15) is 0 Å². The van der Waals surface area contributed by atoms with Gasteiger partial charge in [0.15, 0.2) is 0 Å². The molecule has 0 saturated heterocycles. The zero-order valence-corrected chi connectivity index (χ0v) is 35.5. The standard InChI is InChI=1S/2C18H26N2Si.2BrH.Ru/c2*1-14(2)12-21(13-15(3)4)16-8-9-18(20-11-16)17-7-5-6-10-19-17;;;/h2*5-11,14-15,21H,12-13H2,1-4H3;2*1H;/q;;;;+2/p-2. The Kier molecular flexibility index (Phi) is 19.7. The van der Waals surface area contributed by atoms with E-state index in [0.717, 1.165) is 46.4 Å². The molecule has 0 aromatic carbocycles. The van der Waals surface area contributed by atoms with Gasteiger partial charge >= 0.3 is 40.5 Å². The van der Waals surface area contributed by atoms with E-state index in [1.54, 1.807) is 0 Å². The molecule has 45 heavy (non-hydrogen) atoms. The Balaban J connectivity index is 0.000000288. The predicted molar refractivity (Wildman–Crippen MR) is 205 cm³/mol. The van der Waals surface area contributed by atoms with E-state index in [9.17, 15) is 0 Å². The molecular weight excluding hydrogens is 805 g/mol. The Morgan fingerprint density at radius 3 is 1.02 bits per heavy atom. The van der Waals surface area contributed by atoms with Crippen LogP contribution in [-0.2, 0) is 13.2 Å². The van der Waals surface area contributed by atoms with Gasteiger partial charge in [0, 0.05) is 24.8 Å². The zero-order chi connectivity index (χ0) is 33.2. The van der Waals surface area contributed by atoms with Crippen molar-refractivity contribution in [2.45, 2.75) is 79.6 Å². The molecule has 0 N–H and O–H groups in total. The van der Waals surface area contributed by atoms with Crippen molar-refractivity contribution in [2.75, 3.05) is 0 Å². The van der Waals surface area contributed by atoms with Crippen LogP contribution in [0.25, 0.3) is 22.8 Å². The van der Waals surface area contributed by atoms with Gasteiger partial charge in [0.25, 0.3) is 0 Å². The first-order valence-corrected chi connectivity index (χ1v) is 28.5. The quantitative estimate of drug-likeness (QED) is 0.133. The van der Waals surface area contributed by atoms with Crippen molar-refractivity contribution in [1.29, 1.82) is 0 Å². The van der Waals surface area contributed by atoms with Crippen LogP contribution in [0.1, 0.15) is 55.4 Å². The van der Waals surface area contributed by atoms with Gasteiger partial charge in [-0.3, -0.25) is 19.9 Å². The average Bonchev–Trinajstić information content (AvgIpc) is 3.01. The van der Waals surface area contributed by atoms with Gasteiger partial charge in [0.05, 0.1) is 40.4 Å². The molecule has 0 spiro atoms. The molecule has 4 rings (SSSR count). The monoisotopic (exact) mass is 856 g/mol. The van der Waals surface area contributed by atoms with Crippen molar-refractivity contribution in [2.24, 2.45) is 23.7 Å². The summed E-state index contributed by atoms with van der Waals surface area (Å²) in [6.45, 7) is 18.6. The van der Waals surface area contributed by atoms with Crippen LogP contribution in [0, 0.1) is 23.7 Å². The molecule has 0 saturated carbocycles. The van der Waals surface area contributed by atoms with Crippen LogP contribution < -0.4 is 10.4 Å². The van der Waals surface area contributed by atoms with Crippen LogP contribution in [0.5, 0.6) is 0 Å². The maximum absolute atomic E-state index is 4.66. The van der Waals surface area contributed by atoms with Crippen LogP contribution in [0.3, 0.4) is 0 Å². The molecule has 246 valence electrons. The molecule has 0 aliphatic carbocycles. The second-order valence-electron chi connectivity index (χ2n) is 13.3. The Morgan fingerprint density at radius 2 is 0.800 bits per heavy atom. The summed E-state index contributed by atoms with van der Waals surface area (Å²) in [4.78, 5) is 18.1. The number of rotatable bonds is 12. The summed E-state index contributed by atoms with van der Waals surface area (Å²) in [6, 6.07) is 26.2. The van der Waals surface area contributed by atoms with E-state index in [1.807, 2.05) is 48.8 Å². The number of halogens is 2. The molecule has 0 unspecified atom stereocenters. The van der Waals surface area contributed by atoms with Crippen molar-refractivity contribution < 1.29 is 13.2 Å². The fourth-order valence-corrected chi connectivity index (χ4v) is 13.0. The first-order valence-electron chi connectivity index (χ1n) is 16.1. The second kappa shape index (κ2) is 22.2. The molecule has 0 fully saturated rings. The van der Waals surface area contributed by atoms with E-state index < -0.39 is 17.6 Å². The third-order valence-corrected chi connectivity index (χ3v) is 16.0. The summed E-state index contributed by atoms with van der Waals surface area (Å²) < 4.78 is 0. The Morgan fingerprint density at radius 1 is 0.489 bits per heavy atom. The molecule has 9 heteroatoms. The van der Waals surface area contributed by atoms with Gasteiger partial charge < -0.3 is 0 Å². The first-order chi connectivity index (χ1) is 21.5. The van der Waals surface area contributed by atoms with E-state index in [-0.39, 0.29) is 0 Å². The molecule has 0 radical (unpaired) electrons. The number of hydrogen-bond acceptors (Lipinski definition) is 4. The summed E-state index contributed by atoms with van der Waals surface area (Å²) >= 11 is 6.64. The number of nitrogens with zero attached hydrogens (tertiary/aromatic N) is 4. The molecule has 4 heterocycles. The van der Waals surface area contributed by atoms with E-state index in [2.05, 4.69) is 139 Å². The Hall–Kier alpha value is -1.38. The SMILES string of the molecule is CC(C)C[SiH](CC(C)C)c1ccc(-c2ccccn2)nc1.CC(C)C[SiH](CC(C)C)c1ccc(-c2ccccn2)nc1.[Br][Ru][Br]. The van der Waals surface area contributed by atoms with Gasteiger partial charge in [-0.1, -0.05) is 104 Å². The third kappa shape index (κ3) is 15.8. The summed E-state index contributed by atoms with van der Waals surface area (Å²) in [5, 5.41) is 2.99. The molecular formula is C36H52Br2N4RuSi2. The van der Waals surface area contributed by atoms with Gasteiger partial charge in [-0.25, -0.2) is 0 Å². The third-order valence-electron chi connectivity index (χ3n) is 7.39. The van der Waals surface area contributed by atoms with Crippen LogP contribution in [0.2, 0.25) is 24.2 Å². The number of pyridine rings is 4. The van der Waals surface area contributed by atoms with E-state index in [0.29, 0.717) is 13.2 Å². The van der Waals surface area contributed by atoms with E-state index in [1.165, 1.54) is 34.5 Å². The molecule has 0 amide bonds. The molecule has 0 aliphatic rings. The Bertz CT molecular complexity index is 1190. The minimum absolute atomic E-state index is 0.335. The summed E-state index contributed by atoms with van der Waals surface area (Å²) in [7, 11) is -1.81. The van der Waals surface area contributed by atoms with Crippen molar-refractivity contribution in [1.82, 2.24) is 19.9 Å². The van der Waals surface area contributed by atoms with Gasteiger partial charge in [0.2, 0.25) is 0 Å². The topological polar surface area (TPSA) is 51.6 Å². The normalized spacial score (nSPS) is 11.3. The minimum atomic E-state index is -0.905. The van der Waals surface area contributed by atoms with Crippen LogP contribution in [0.15, 0.2) is 85.5 Å². The van der Waals surface area contributed by atoms with Crippen molar-refractivity contribution in [3.63, 3.8) is 0 Å². The van der Waals surface area contributed by atoms with E-state index in [4.69, 9.17) is 0 Å². The average molecular weight is 858 g/mol. The molecule has 0 bridgehead atoms. The van der Waals surface area contributed by atoms with Crippen molar-refractivity contribution >= 4 is 55.2 Å². The van der Waals surface area contributed by atoms with Gasteiger partial charge in [0.1, 0.15) is 0 Å². The van der Waals surface area contributed by atoms with E-state index >= 15 is 0 Å². The fourth-order valence-electron chi connectivity index (χ4n) is 5.64. The van der Waals surface area contributed by atoms with Crippen LogP contribution >= 0.6 is 27.2 Å². The van der Waals surface area contributed by atoms with Crippen LogP contribution in [-0.4, -0.2) is 37.5 Å². The predicted octanol–water partition coefficient (Wildman–Crippen LogP) is 9.47. The zero-order valence-electron chi connectivity index (χ0n) is 28.3. The summed E-state index contributed by atoms with van der Waals surface area (Å²) in [5.74, 6) is 3.10. The summed E-state index contributed by atoms with van der Waals surface area (Å²) in [6.07, 6.45) is 7.84. The molecule has 0 atom stereocenters. The van der Waals surface area contributed by atoms with Crippen molar-refractivity contribution in [3.8, 4) is 22.8 Å². The van der Waals surface area contributed by atoms with Crippen molar-refractivity contribution in [3.05, 3.63) is 85.5 Å². The molecule has 4 aromatic heterocycles. The molecule has 4 nitrogen and oxygen atoms in total. The second-order valence-corrected chi connectivity index (χ2v) is 27.4.